The Hall–Kier alpha value is -0.380. The van der Waals surface area contributed by atoms with Gasteiger partial charge in [-0.1, -0.05) is 18.2 Å². The highest BCUT2D eigenvalue weighted by molar-refractivity contribution is 7.84. The van der Waals surface area contributed by atoms with Gasteiger partial charge in [-0.15, -0.1) is 22.9 Å². The lowest BCUT2D eigenvalue weighted by Gasteiger charge is -1.98. The van der Waals surface area contributed by atoms with Crippen molar-refractivity contribution in [2.75, 3.05) is 11.6 Å². The average molecular weight is 287 g/mol. The van der Waals surface area contributed by atoms with Gasteiger partial charge in [-0.25, -0.2) is 0 Å². The van der Waals surface area contributed by atoms with Crippen LogP contribution in [0.15, 0.2) is 30.3 Å². The number of alkyl halides is 1. The van der Waals surface area contributed by atoms with E-state index in [1.807, 2.05) is 12.1 Å². The van der Waals surface area contributed by atoms with Crippen molar-refractivity contribution in [3.63, 3.8) is 0 Å². The van der Waals surface area contributed by atoms with E-state index < -0.39 is 10.8 Å². The molecule has 1 unspecified atom stereocenters. The summed E-state index contributed by atoms with van der Waals surface area (Å²) in [6.45, 7) is 0. The van der Waals surface area contributed by atoms with Crippen LogP contribution in [-0.2, 0) is 16.6 Å². The summed E-state index contributed by atoms with van der Waals surface area (Å²) in [5.74, 6) is 2.11. The highest BCUT2D eigenvalue weighted by Crippen LogP contribution is 2.26. The maximum Gasteiger partial charge on any atom is 0.0580 e. The SMILES string of the molecule is O=S(CCCCCl)Cc1cc2ccccc2s1. The molecule has 1 atom stereocenters. The minimum atomic E-state index is -0.747. The molecular formula is C13H15ClOS2. The maximum atomic E-state index is 11.8. The fraction of sp³-hybridized carbons (Fsp3) is 0.385. The third kappa shape index (κ3) is 3.80. The number of rotatable bonds is 6. The number of unbranched alkanes of at least 4 members (excludes halogenated alkanes) is 1. The molecule has 0 saturated carbocycles. The summed E-state index contributed by atoms with van der Waals surface area (Å²) >= 11 is 7.35. The standard InChI is InChI=1S/C13H15ClOS2/c14-7-3-4-8-17(15)10-12-9-11-5-1-2-6-13(11)16-12/h1-2,5-6,9H,3-4,7-8,10H2. The lowest BCUT2D eigenvalue weighted by atomic mass is 10.2. The Morgan fingerprint density at radius 1 is 1.24 bits per heavy atom. The second-order valence-electron chi connectivity index (χ2n) is 3.93. The van der Waals surface area contributed by atoms with E-state index >= 15 is 0 Å². The van der Waals surface area contributed by atoms with Crippen LogP contribution in [0.25, 0.3) is 10.1 Å². The number of benzene rings is 1. The topological polar surface area (TPSA) is 17.1 Å². The van der Waals surface area contributed by atoms with Gasteiger partial charge in [0.05, 0.1) is 5.75 Å². The highest BCUT2D eigenvalue weighted by atomic mass is 35.5. The van der Waals surface area contributed by atoms with Crippen LogP contribution < -0.4 is 0 Å². The van der Waals surface area contributed by atoms with Crippen molar-refractivity contribution >= 4 is 43.8 Å². The predicted octanol–water partition coefficient (Wildman–Crippen LogP) is 4.17. The molecule has 17 heavy (non-hydrogen) atoms. The van der Waals surface area contributed by atoms with E-state index in [2.05, 4.69) is 18.2 Å². The average Bonchev–Trinajstić information content (AvgIpc) is 2.71. The molecule has 0 amide bonds. The second kappa shape index (κ2) is 6.53. The molecule has 0 aliphatic heterocycles. The van der Waals surface area contributed by atoms with Gasteiger partial charge in [0.25, 0.3) is 0 Å². The molecule has 0 bridgehead atoms. The van der Waals surface area contributed by atoms with Crippen molar-refractivity contribution in [3.05, 3.63) is 35.2 Å². The van der Waals surface area contributed by atoms with Gasteiger partial charge in [0.15, 0.2) is 0 Å². The largest absolute Gasteiger partial charge is 0.259 e. The first-order valence-electron chi connectivity index (χ1n) is 5.68. The number of hydrogen-bond donors (Lipinski definition) is 0. The van der Waals surface area contributed by atoms with Crippen molar-refractivity contribution in [1.82, 2.24) is 0 Å². The third-order valence-electron chi connectivity index (χ3n) is 2.54. The molecule has 1 aromatic heterocycles. The van der Waals surface area contributed by atoms with Gasteiger partial charge >= 0.3 is 0 Å². The maximum absolute atomic E-state index is 11.8. The molecular weight excluding hydrogens is 272 g/mol. The highest BCUT2D eigenvalue weighted by Gasteiger charge is 2.05. The number of hydrogen-bond acceptors (Lipinski definition) is 2. The van der Waals surface area contributed by atoms with Crippen LogP contribution in [-0.4, -0.2) is 15.8 Å². The van der Waals surface area contributed by atoms with Crippen molar-refractivity contribution in [3.8, 4) is 0 Å². The smallest absolute Gasteiger partial charge is 0.0580 e. The predicted molar refractivity (Wildman–Crippen MR) is 78.5 cm³/mol. The Labute approximate surface area is 113 Å². The van der Waals surface area contributed by atoms with Crippen LogP contribution >= 0.6 is 22.9 Å². The molecule has 0 radical (unpaired) electrons. The number of halogens is 1. The monoisotopic (exact) mass is 286 g/mol. The first-order chi connectivity index (χ1) is 8.29. The Bertz CT molecular complexity index is 474. The number of fused-ring (bicyclic) bond motifs is 1. The summed E-state index contributed by atoms with van der Waals surface area (Å²) in [5, 5.41) is 1.25. The fourth-order valence-corrected chi connectivity index (χ4v) is 4.45. The minimum Gasteiger partial charge on any atom is -0.259 e. The molecule has 0 aliphatic rings. The number of thiophene rings is 1. The summed E-state index contributed by atoms with van der Waals surface area (Å²) in [7, 11) is -0.747. The Morgan fingerprint density at radius 2 is 2.06 bits per heavy atom. The third-order valence-corrected chi connectivity index (χ3v) is 5.48. The van der Waals surface area contributed by atoms with Crippen LogP contribution in [0, 0.1) is 0 Å². The normalized spacial score (nSPS) is 13.0. The molecule has 0 saturated heterocycles. The van der Waals surface area contributed by atoms with Crippen LogP contribution in [0.3, 0.4) is 0 Å². The van der Waals surface area contributed by atoms with E-state index in [0.717, 1.165) is 18.6 Å². The van der Waals surface area contributed by atoms with E-state index in [9.17, 15) is 4.21 Å². The summed E-state index contributed by atoms with van der Waals surface area (Å²) in [5.41, 5.74) is 0. The van der Waals surface area contributed by atoms with Crippen LogP contribution in [0.5, 0.6) is 0 Å². The van der Waals surface area contributed by atoms with E-state index in [0.29, 0.717) is 11.6 Å². The Morgan fingerprint density at radius 3 is 2.82 bits per heavy atom. The zero-order valence-electron chi connectivity index (χ0n) is 9.52. The van der Waals surface area contributed by atoms with Crippen LogP contribution in [0.4, 0.5) is 0 Å². The fourth-order valence-electron chi connectivity index (χ4n) is 1.70. The van der Waals surface area contributed by atoms with Gasteiger partial charge in [-0.3, -0.25) is 4.21 Å². The minimum absolute atomic E-state index is 0.667. The van der Waals surface area contributed by atoms with E-state index in [4.69, 9.17) is 11.6 Å². The van der Waals surface area contributed by atoms with Crippen molar-refractivity contribution in [1.29, 1.82) is 0 Å². The molecule has 0 fully saturated rings. The molecule has 4 heteroatoms. The summed E-state index contributed by atoms with van der Waals surface area (Å²) in [6.07, 6.45) is 1.92. The van der Waals surface area contributed by atoms with E-state index in [1.54, 1.807) is 11.3 Å². The second-order valence-corrected chi connectivity index (χ2v) is 7.06. The van der Waals surface area contributed by atoms with Crippen LogP contribution in [0.2, 0.25) is 0 Å². The molecule has 1 aromatic carbocycles. The van der Waals surface area contributed by atoms with Crippen molar-refractivity contribution in [2.24, 2.45) is 0 Å². The van der Waals surface area contributed by atoms with Gasteiger partial charge in [0, 0.05) is 32.0 Å². The quantitative estimate of drug-likeness (QED) is 0.575. The molecule has 0 spiro atoms. The summed E-state index contributed by atoms with van der Waals surface area (Å²) < 4.78 is 13.1. The first kappa shape index (κ1) is 13.1. The van der Waals surface area contributed by atoms with E-state index in [1.165, 1.54) is 15.0 Å². The lowest BCUT2D eigenvalue weighted by molar-refractivity contribution is 0.679. The molecule has 0 aliphatic carbocycles. The van der Waals surface area contributed by atoms with E-state index in [-0.39, 0.29) is 0 Å². The summed E-state index contributed by atoms with van der Waals surface area (Å²) in [6, 6.07) is 10.4. The zero-order valence-corrected chi connectivity index (χ0v) is 11.9. The molecule has 2 rings (SSSR count). The van der Waals surface area contributed by atoms with Crippen molar-refractivity contribution < 1.29 is 4.21 Å². The van der Waals surface area contributed by atoms with Crippen molar-refractivity contribution in [2.45, 2.75) is 18.6 Å². The summed E-state index contributed by atoms with van der Waals surface area (Å²) in [4.78, 5) is 1.22. The Balaban J connectivity index is 1.96. The van der Waals surface area contributed by atoms with Gasteiger partial charge in [0.1, 0.15) is 0 Å². The molecule has 1 heterocycles. The Kier molecular flexibility index (Phi) is 5.01. The lowest BCUT2D eigenvalue weighted by Crippen LogP contribution is -1.99. The van der Waals surface area contributed by atoms with Gasteiger partial charge in [-0.2, -0.15) is 0 Å². The molecule has 0 N–H and O–H groups in total. The van der Waals surface area contributed by atoms with Crippen LogP contribution in [0.1, 0.15) is 17.7 Å². The van der Waals surface area contributed by atoms with Gasteiger partial charge in [0.2, 0.25) is 0 Å². The first-order valence-corrected chi connectivity index (χ1v) is 8.52. The molecule has 1 nitrogen and oxygen atoms in total. The van der Waals surface area contributed by atoms with Gasteiger partial charge < -0.3 is 0 Å². The molecule has 2 aromatic rings. The zero-order chi connectivity index (χ0) is 12.1. The molecule has 92 valence electrons. The van der Waals surface area contributed by atoms with Gasteiger partial charge in [-0.05, 0) is 30.4 Å².